The Kier molecular flexibility index (Phi) is 5.01. The van der Waals surface area contributed by atoms with Gasteiger partial charge in [0.15, 0.2) is 0 Å². The predicted octanol–water partition coefficient (Wildman–Crippen LogP) is 3.46. The van der Waals surface area contributed by atoms with Crippen LogP contribution < -0.4 is 10.6 Å². The number of carbonyl (C=O) groups is 2. The van der Waals surface area contributed by atoms with Crippen molar-refractivity contribution in [2.75, 3.05) is 10.6 Å². The van der Waals surface area contributed by atoms with Crippen LogP contribution in [0.5, 0.6) is 0 Å². The molecule has 1 aromatic heterocycles. The topological polar surface area (TPSA) is 94.9 Å². The largest absolute Gasteiger partial charge is 0.322 e. The fourth-order valence-electron chi connectivity index (χ4n) is 2.24. The highest BCUT2D eigenvalue weighted by Crippen LogP contribution is 2.12. The zero-order valence-electron chi connectivity index (χ0n) is 13.6. The van der Waals surface area contributed by atoms with Crippen molar-refractivity contribution in [3.8, 4) is 6.07 Å². The minimum absolute atomic E-state index is 0.140. The van der Waals surface area contributed by atoms with E-state index >= 15 is 0 Å². The van der Waals surface area contributed by atoms with Crippen molar-refractivity contribution >= 4 is 23.2 Å². The summed E-state index contributed by atoms with van der Waals surface area (Å²) in [5.41, 5.74) is 2.16. The number of nitrogens with one attached hydrogen (secondary N) is 2. The first kappa shape index (κ1) is 16.9. The lowest BCUT2D eigenvalue weighted by Crippen LogP contribution is -2.17. The van der Waals surface area contributed by atoms with Crippen LogP contribution in [0.15, 0.2) is 72.9 Å². The van der Waals surface area contributed by atoms with E-state index in [1.807, 2.05) is 24.3 Å². The van der Waals surface area contributed by atoms with Gasteiger partial charge in [-0.3, -0.25) is 14.6 Å². The number of pyridine rings is 1. The maximum absolute atomic E-state index is 12.4. The van der Waals surface area contributed by atoms with E-state index in [-0.39, 0.29) is 11.6 Å². The highest BCUT2D eigenvalue weighted by molar-refractivity contribution is 6.07. The van der Waals surface area contributed by atoms with Gasteiger partial charge in [-0.2, -0.15) is 5.26 Å². The molecule has 0 fully saturated rings. The van der Waals surface area contributed by atoms with E-state index in [0.717, 1.165) is 0 Å². The molecule has 0 aliphatic heterocycles. The minimum atomic E-state index is -0.399. The summed E-state index contributed by atoms with van der Waals surface area (Å²) in [5, 5.41) is 14.2. The molecule has 6 nitrogen and oxygen atoms in total. The molecule has 6 heteroatoms. The summed E-state index contributed by atoms with van der Waals surface area (Å²) >= 11 is 0. The first-order valence-corrected chi connectivity index (χ1v) is 7.80. The third-order valence-electron chi connectivity index (χ3n) is 3.56. The van der Waals surface area contributed by atoms with Crippen LogP contribution in [-0.4, -0.2) is 16.8 Å². The molecule has 2 amide bonds. The van der Waals surface area contributed by atoms with E-state index in [1.165, 1.54) is 18.3 Å². The third-order valence-corrected chi connectivity index (χ3v) is 3.56. The van der Waals surface area contributed by atoms with Crippen molar-refractivity contribution in [1.29, 1.82) is 5.26 Å². The van der Waals surface area contributed by atoms with Crippen LogP contribution in [0.25, 0.3) is 0 Å². The van der Waals surface area contributed by atoms with Gasteiger partial charge in [0, 0.05) is 23.1 Å². The van der Waals surface area contributed by atoms with Gasteiger partial charge in [-0.25, -0.2) is 0 Å². The number of hydrogen-bond donors (Lipinski definition) is 2. The number of nitriles is 1. The molecular formula is C20H14N4O2. The Hall–Kier alpha value is -3.98. The Morgan fingerprint density at radius 1 is 0.846 bits per heavy atom. The molecule has 0 unspecified atom stereocenters. The van der Waals surface area contributed by atoms with E-state index in [0.29, 0.717) is 22.5 Å². The van der Waals surface area contributed by atoms with E-state index in [2.05, 4.69) is 15.6 Å². The van der Waals surface area contributed by atoms with Gasteiger partial charge in [0.1, 0.15) is 5.69 Å². The van der Waals surface area contributed by atoms with Gasteiger partial charge < -0.3 is 10.6 Å². The number of amides is 2. The molecule has 126 valence electrons. The third kappa shape index (κ3) is 4.10. The zero-order valence-corrected chi connectivity index (χ0v) is 13.6. The second-order valence-electron chi connectivity index (χ2n) is 5.39. The number of nitrogens with zero attached hydrogens (tertiary/aromatic N) is 2. The van der Waals surface area contributed by atoms with E-state index < -0.39 is 5.91 Å². The molecule has 0 aliphatic carbocycles. The lowest BCUT2D eigenvalue weighted by molar-refractivity contribution is 0.102. The highest BCUT2D eigenvalue weighted by Gasteiger charge is 2.12. The van der Waals surface area contributed by atoms with Gasteiger partial charge in [0.25, 0.3) is 11.8 Å². The SMILES string of the molecule is N#Cc1ccc(NC(=O)c2ccnc(C(=O)Nc3ccccc3)c2)cc1. The number of benzene rings is 2. The maximum atomic E-state index is 12.4. The number of anilines is 2. The Balaban J connectivity index is 1.72. The number of hydrogen-bond acceptors (Lipinski definition) is 4. The van der Waals surface area contributed by atoms with Crippen molar-refractivity contribution in [2.24, 2.45) is 0 Å². The van der Waals surface area contributed by atoms with Crippen molar-refractivity contribution in [3.05, 3.63) is 89.7 Å². The highest BCUT2D eigenvalue weighted by atomic mass is 16.2. The number of aromatic nitrogens is 1. The Bertz CT molecular complexity index is 977. The summed E-state index contributed by atoms with van der Waals surface area (Å²) in [6.45, 7) is 0. The normalized spacial score (nSPS) is 9.81. The molecule has 0 saturated carbocycles. The first-order chi connectivity index (χ1) is 12.7. The minimum Gasteiger partial charge on any atom is -0.322 e. The van der Waals surface area contributed by atoms with Crippen LogP contribution >= 0.6 is 0 Å². The van der Waals surface area contributed by atoms with Crippen LogP contribution in [0, 0.1) is 11.3 Å². The monoisotopic (exact) mass is 342 g/mol. The predicted molar refractivity (Wildman–Crippen MR) is 97.7 cm³/mol. The molecule has 2 aromatic carbocycles. The smallest absolute Gasteiger partial charge is 0.274 e. The summed E-state index contributed by atoms with van der Waals surface area (Å²) in [6, 6.07) is 20.5. The molecule has 0 bridgehead atoms. The molecule has 3 aromatic rings. The van der Waals surface area contributed by atoms with E-state index in [4.69, 9.17) is 5.26 Å². The molecule has 1 heterocycles. The maximum Gasteiger partial charge on any atom is 0.274 e. The van der Waals surface area contributed by atoms with E-state index in [9.17, 15) is 9.59 Å². The van der Waals surface area contributed by atoms with Crippen LogP contribution in [0.1, 0.15) is 26.4 Å². The fraction of sp³-hybridized carbons (Fsp3) is 0. The van der Waals surface area contributed by atoms with Crippen molar-refractivity contribution in [2.45, 2.75) is 0 Å². The molecule has 0 saturated heterocycles. The summed E-state index contributed by atoms with van der Waals surface area (Å²) in [4.78, 5) is 28.7. The first-order valence-electron chi connectivity index (χ1n) is 7.80. The molecule has 0 atom stereocenters. The van der Waals surface area contributed by atoms with Crippen LogP contribution in [0.2, 0.25) is 0 Å². The van der Waals surface area contributed by atoms with Gasteiger partial charge in [0.05, 0.1) is 11.6 Å². The van der Waals surface area contributed by atoms with Crippen LogP contribution in [0.4, 0.5) is 11.4 Å². The number of carbonyl (C=O) groups excluding carboxylic acids is 2. The van der Waals surface area contributed by atoms with Gasteiger partial charge >= 0.3 is 0 Å². The van der Waals surface area contributed by atoms with E-state index in [1.54, 1.807) is 36.4 Å². The summed E-state index contributed by atoms with van der Waals surface area (Å²) in [6.07, 6.45) is 1.41. The average Bonchev–Trinajstić information content (AvgIpc) is 2.69. The average molecular weight is 342 g/mol. The second kappa shape index (κ2) is 7.73. The lowest BCUT2D eigenvalue weighted by atomic mass is 10.2. The van der Waals surface area contributed by atoms with Gasteiger partial charge in [-0.05, 0) is 48.5 Å². The summed E-state index contributed by atoms with van der Waals surface area (Å²) < 4.78 is 0. The standard InChI is InChI=1S/C20H14N4O2/c21-13-14-6-8-17(9-7-14)23-19(25)15-10-11-22-18(12-15)20(26)24-16-4-2-1-3-5-16/h1-12H,(H,23,25)(H,24,26). The molecule has 0 radical (unpaired) electrons. The summed E-state index contributed by atoms with van der Waals surface area (Å²) in [7, 11) is 0. The molecule has 3 rings (SSSR count). The van der Waals surface area contributed by atoms with Crippen LogP contribution in [-0.2, 0) is 0 Å². The molecule has 26 heavy (non-hydrogen) atoms. The van der Waals surface area contributed by atoms with Gasteiger partial charge in [0.2, 0.25) is 0 Å². The van der Waals surface area contributed by atoms with Crippen molar-refractivity contribution < 1.29 is 9.59 Å². The van der Waals surface area contributed by atoms with Crippen LogP contribution in [0.3, 0.4) is 0 Å². The fourth-order valence-corrected chi connectivity index (χ4v) is 2.24. The Labute approximate surface area is 150 Å². The second-order valence-corrected chi connectivity index (χ2v) is 5.39. The summed E-state index contributed by atoms with van der Waals surface area (Å²) in [5.74, 6) is -0.768. The Morgan fingerprint density at radius 2 is 1.50 bits per heavy atom. The van der Waals surface area contributed by atoms with Crippen molar-refractivity contribution in [1.82, 2.24) is 4.98 Å². The quantitative estimate of drug-likeness (QED) is 0.759. The molecule has 2 N–H and O–H groups in total. The lowest BCUT2D eigenvalue weighted by Gasteiger charge is -2.07. The Morgan fingerprint density at radius 3 is 2.19 bits per heavy atom. The number of para-hydroxylation sites is 1. The van der Waals surface area contributed by atoms with Gasteiger partial charge in [-0.1, -0.05) is 18.2 Å². The number of rotatable bonds is 4. The zero-order chi connectivity index (χ0) is 18.4. The molecule has 0 aliphatic rings. The molecule has 0 spiro atoms. The van der Waals surface area contributed by atoms with Gasteiger partial charge in [-0.15, -0.1) is 0 Å². The molecular weight excluding hydrogens is 328 g/mol. The van der Waals surface area contributed by atoms with Crippen molar-refractivity contribution in [3.63, 3.8) is 0 Å².